The van der Waals surface area contributed by atoms with Crippen molar-refractivity contribution in [2.24, 2.45) is 5.92 Å². The van der Waals surface area contributed by atoms with Gasteiger partial charge in [0, 0.05) is 24.5 Å². The molecule has 0 bridgehead atoms. The van der Waals surface area contributed by atoms with Gasteiger partial charge in [-0.15, -0.1) is 11.3 Å². The number of hydrogen-bond donors (Lipinski definition) is 1. The molecule has 1 aliphatic heterocycles. The number of piperidine rings is 1. The first-order valence-electron chi connectivity index (χ1n) is 8.53. The molecule has 3 heterocycles. The number of hydrogen-bond acceptors (Lipinski definition) is 5. The van der Waals surface area contributed by atoms with Crippen LogP contribution in [-0.4, -0.2) is 41.0 Å². The van der Waals surface area contributed by atoms with Crippen LogP contribution in [0.25, 0.3) is 10.2 Å². The molecule has 4 nitrogen and oxygen atoms in total. The van der Waals surface area contributed by atoms with Crippen molar-refractivity contribution in [1.82, 2.24) is 14.9 Å². The van der Waals surface area contributed by atoms with Gasteiger partial charge in [-0.1, -0.05) is 6.92 Å². The van der Waals surface area contributed by atoms with Crippen molar-refractivity contribution in [3.8, 4) is 0 Å². The summed E-state index contributed by atoms with van der Waals surface area (Å²) >= 11 is 1.86. The highest BCUT2D eigenvalue weighted by molar-refractivity contribution is 7.19. The smallest absolute Gasteiger partial charge is 0.138 e. The van der Waals surface area contributed by atoms with Crippen LogP contribution in [0.5, 0.6) is 0 Å². The van der Waals surface area contributed by atoms with Gasteiger partial charge in [-0.05, 0) is 50.1 Å². The highest BCUT2D eigenvalue weighted by atomic mass is 32.1. The number of aryl methyl sites for hydroxylation is 2. The number of likely N-dealkylation sites (tertiary alicyclic amines) is 1. The molecule has 0 amide bonds. The Morgan fingerprint density at radius 1 is 1.32 bits per heavy atom. The zero-order valence-electron chi connectivity index (χ0n) is 13.3. The van der Waals surface area contributed by atoms with E-state index in [0.29, 0.717) is 0 Å². The molecule has 4 rings (SSSR count). The van der Waals surface area contributed by atoms with Crippen molar-refractivity contribution in [3.05, 3.63) is 16.8 Å². The molecule has 2 aromatic heterocycles. The fourth-order valence-corrected chi connectivity index (χ4v) is 5.11. The lowest BCUT2D eigenvalue weighted by Gasteiger charge is -2.30. The summed E-state index contributed by atoms with van der Waals surface area (Å²) in [6.07, 6.45) is 8.15. The van der Waals surface area contributed by atoms with E-state index >= 15 is 0 Å². The van der Waals surface area contributed by atoms with Gasteiger partial charge in [-0.25, -0.2) is 9.97 Å². The van der Waals surface area contributed by atoms with Crippen LogP contribution >= 0.6 is 11.3 Å². The van der Waals surface area contributed by atoms with Gasteiger partial charge < -0.3 is 10.2 Å². The van der Waals surface area contributed by atoms with Gasteiger partial charge in [0.05, 0.1) is 5.39 Å². The standard InChI is InChI=1S/C17H24N4S/c1-12-4-3-8-21(10-12)9-7-18-16-15-13-5-2-6-14(13)22-17(15)20-11-19-16/h11-12H,2-10H2,1H3,(H,18,19,20). The van der Waals surface area contributed by atoms with E-state index in [4.69, 9.17) is 0 Å². The van der Waals surface area contributed by atoms with Gasteiger partial charge in [0.1, 0.15) is 17.0 Å². The second kappa shape index (κ2) is 6.13. The first-order chi connectivity index (χ1) is 10.8. The Morgan fingerprint density at radius 2 is 2.27 bits per heavy atom. The van der Waals surface area contributed by atoms with Gasteiger partial charge in [-0.3, -0.25) is 0 Å². The summed E-state index contributed by atoms with van der Waals surface area (Å²) in [6, 6.07) is 0. The van der Waals surface area contributed by atoms with Crippen molar-refractivity contribution >= 4 is 27.4 Å². The summed E-state index contributed by atoms with van der Waals surface area (Å²) in [7, 11) is 0. The average Bonchev–Trinajstić information content (AvgIpc) is 3.08. The number of thiophene rings is 1. The first-order valence-corrected chi connectivity index (χ1v) is 9.34. The minimum absolute atomic E-state index is 0.847. The van der Waals surface area contributed by atoms with Crippen molar-refractivity contribution in [2.45, 2.75) is 39.0 Å². The Bertz CT molecular complexity index is 666. The maximum absolute atomic E-state index is 4.52. The molecular formula is C17H24N4S. The molecule has 2 aromatic rings. The predicted molar refractivity (Wildman–Crippen MR) is 92.8 cm³/mol. The Balaban J connectivity index is 1.45. The van der Waals surface area contributed by atoms with Crippen molar-refractivity contribution in [3.63, 3.8) is 0 Å². The molecule has 2 aliphatic rings. The molecule has 1 unspecified atom stereocenters. The van der Waals surface area contributed by atoms with E-state index in [2.05, 4.69) is 27.1 Å². The van der Waals surface area contributed by atoms with Crippen molar-refractivity contribution in [1.29, 1.82) is 0 Å². The van der Waals surface area contributed by atoms with Crippen LogP contribution in [0.3, 0.4) is 0 Å². The second-order valence-electron chi connectivity index (χ2n) is 6.73. The van der Waals surface area contributed by atoms with Gasteiger partial charge >= 0.3 is 0 Å². The molecule has 1 atom stereocenters. The monoisotopic (exact) mass is 316 g/mol. The minimum Gasteiger partial charge on any atom is -0.368 e. The van der Waals surface area contributed by atoms with Crippen LogP contribution in [0.15, 0.2) is 6.33 Å². The van der Waals surface area contributed by atoms with Crippen LogP contribution in [0.1, 0.15) is 36.6 Å². The third-order valence-electron chi connectivity index (χ3n) is 4.96. The molecule has 0 aromatic carbocycles. The molecule has 1 aliphatic carbocycles. The van der Waals surface area contributed by atoms with Gasteiger partial charge in [0.15, 0.2) is 0 Å². The maximum Gasteiger partial charge on any atom is 0.138 e. The molecule has 0 saturated carbocycles. The van der Waals surface area contributed by atoms with Gasteiger partial charge in [0.25, 0.3) is 0 Å². The number of anilines is 1. The highest BCUT2D eigenvalue weighted by Crippen LogP contribution is 2.38. The fraction of sp³-hybridized carbons (Fsp3) is 0.647. The third kappa shape index (κ3) is 2.72. The van der Waals surface area contributed by atoms with E-state index in [-0.39, 0.29) is 0 Å². The van der Waals surface area contributed by atoms with Crippen molar-refractivity contribution < 1.29 is 0 Å². The van der Waals surface area contributed by atoms with Gasteiger partial charge in [-0.2, -0.15) is 0 Å². The lowest BCUT2D eigenvalue weighted by atomic mass is 10.0. The lowest BCUT2D eigenvalue weighted by Crippen LogP contribution is -2.37. The summed E-state index contributed by atoms with van der Waals surface area (Å²) in [4.78, 5) is 14.3. The van der Waals surface area contributed by atoms with E-state index in [9.17, 15) is 0 Å². The fourth-order valence-electron chi connectivity index (χ4n) is 3.88. The average molecular weight is 316 g/mol. The largest absolute Gasteiger partial charge is 0.368 e. The van der Waals surface area contributed by atoms with E-state index in [1.54, 1.807) is 6.33 Å². The Labute approximate surface area is 136 Å². The number of nitrogens with zero attached hydrogens (tertiary/aromatic N) is 3. The summed E-state index contributed by atoms with van der Waals surface area (Å²) in [6.45, 7) is 6.95. The summed E-state index contributed by atoms with van der Waals surface area (Å²) in [5, 5.41) is 4.88. The molecule has 22 heavy (non-hydrogen) atoms. The summed E-state index contributed by atoms with van der Waals surface area (Å²) in [5.74, 6) is 1.90. The van der Waals surface area contributed by atoms with E-state index in [0.717, 1.165) is 29.7 Å². The topological polar surface area (TPSA) is 41.0 Å². The predicted octanol–water partition coefficient (Wildman–Crippen LogP) is 3.32. The maximum atomic E-state index is 4.52. The quantitative estimate of drug-likeness (QED) is 0.939. The molecule has 118 valence electrons. The molecule has 5 heteroatoms. The van der Waals surface area contributed by atoms with E-state index in [1.165, 1.54) is 61.0 Å². The summed E-state index contributed by atoms with van der Waals surface area (Å²) < 4.78 is 0. The molecule has 1 saturated heterocycles. The number of rotatable bonds is 4. The Morgan fingerprint density at radius 3 is 3.18 bits per heavy atom. The molecular weight excluding hydrogens is 292 g/mol. The van der Waals surface area contributed by atoms with Crippen LogP contribution in [0.2, 0.25) is 0 Å². The van der Waals surface area contributed by atoms with Gasteiger partial charge in [0.2, 0.25) is 0 Å². The zero-order chi connectivity index (χ0) is 14.9. The number of fused-ring (bicyclic) bond motifs is 3. The Kier molecular flexibility index (Phi) is 4.01. The summed E-state index contributed by atoms with van der Waals surface area (Å²) in [5.41, 5.74) is 1.51. The normalized spacial score (nSPS) is 22.1. The van der Waals surface area contributed by atoms with E-state index < -0.39 is 0 Å². The SMILES string of the molecule is CC1CCCN(CCNc2ncnc3sc4c(c23)CCC4)C1. The first kappa shape index (κ1) is 14.4. The number of aromatic nitrogens is 2. The van der Waals surface area contributed by atoms with Crippen LogP contribution < -0.4 is 5.32 Å². The molecule has 0 radical (unpaired) electrons. The van der Waals surface area contributed by atoms with Crippen LogP contribution in [0, 0.1) is 5.92 Å². The second-order valence-corrected chi connectivity index (χ2v) is 7.82. The molecule has 0 spiro atoms. The van der Waals surface area contributed by atoms with Crippen LogP contribution in [-0.2, 0) is 12.8 Å². The van der Waals surface area contributed by atoms with Crippen LogP contribution in [0.4, 0.5) is 5.82 Å². The zero-order valence-corrected chi connectivity index (χ0v) is 14.1. The lowest BCUT2D eigenvalue weighted by molar-refractivity contribution is 0.190. The Hall–Kier alpha value is -1.20. The molecule has 1 fully saturated rings. The number of nitrogens with one attached hydrogen (secondary N) is 1. The minimum atomic E-state index is 0.847. The molecule has 1 N–H and O–H groups in total. The van der Waals surface area contributed by atoms with Crippen molar-refractivity contribution in [2.75, 3.05) is 31.5 Å². The third-order valence-corrected chi connectivity index (χ3v) is 6.16. The van der Waals surface area contributed by atoms with E-state index in [1.807, 2.05) is 11.3 Å². The highest BCUT2D eigenvalue weighted by Gasteiger charge is 2.21.